The quantitative estimate of drug-likeness (QED) is 0.872. The van der Waals surface area contributed by atoms with Gasteiger partial charge < -0.3 is 10.0 Å². The van der Waals surface area contributed by atoms with E-state index in [0.29, 0.717) is 17.9 Å². The summed E-state index contributed by atoms with van der Waals surface area (Å²) < 4.78 is 1.89. The number of hydrogen-bond donors (Lipinski definition) is 1. The van der Waals surface area contributed by atoms with Crippen LogP contribution in [-0.4, -0.2) is 34.1 Å². The van der Waals surface area contributed by atoms with Crippen LogP contribution in [0.4, 0.5) is 0 Å². The topological polar surface area (TPSA) is 44.4 Å². The minimum Gasteiger partial charge on any atom is -0.387 e. The van der Waals surface area contributed by atoms with Crippen LogP contribution >= 0.6 is 0 Å². The predicted molar refractivity (Wildman–Crippen MR) is 94.9 cm³/mol. The number of carbonyl (C=O) groups is 1. The number of amides is 1. The number of nitrogens with zero attached hydrogens (tertiary/aromatic N) is 2. The Labute approximate surface area is 148 Å². The van der Waals surface area contributed by atoms with E-state index in [-0.39, 0.29) is 11.9 Å². The maximum atomic E-state index is 13.1. The third-order valence-electron chi connectivity index (χ3n) is 5.82. The van der Waals surface area contributed by atoms with E-state index < -0.39 is 5.60 Å². The van der Waals surface area contributed by atoms with E-state index in [9.17, 15) is 9.90 Å². The van der Waals surface area contributed by atoms with Crippen molar-refractivity contribution >= 4 is 5.91 Å². The van der Waals surface area contributed by atoms with Crippen LogP contribution in [0.15, 0.2) is 54.9 Å². The number of likely N-dealkylation sites (tertiary alicyclic amines) is 1. The lowest BCUT2D eigenvalue weighted by Crippen LogP contribution is -2.52. The molecule has 0 radical (unpaired) electrons. The summed E-state index contributed by atoms with van der Waals surface area (Å²) in [5.74, 6) is 0.451. The number of hydrogen-bond acceptors (Lipinski definition) is 2. The minimum atomic E-state index is -0.824. The molecule has 0 unspecified atom stereocenters. The number of rotatable bonds is 3. The van der Waals surface area contributed by atoms with Gasteiger partial charge in [-0.1, -0.05) is 30.3 Å². The second kappa shape index (κ2) is 6.26. The number of fused-ring (bicyclic) bond motifs is 1. The molecule has 0 bridgehead atoms. The van der Waals surface area contributed by atoms with Crippen molar-refractivity contribution in [2.24, 2.45) is 13.0 Å². The number of aryl methyl sites for hydroxylation is 1. The van der Waals surface area contributed by atoms with Gasteiger partial charge in [0.05, 0.1) is 11.6 Å². The van der Waals surface area contributed by atoms with Gasteiger partial charge in [-0.05, 0) is 36.8 Å². The summed E-state index contributed by atoms with van der Waals surface area (Å²) in [6.07, 6.45) is 7.16. The highest BCUT2D eigenvalue weighted by Gasteiger charge is 2.54. The van der Waals surface area contributed by atoms with Crippen molar-refractivity contribution in [3.05, 3.63) is 66.0 Å². The zero-order valence-electron chi connectivity index (χ0n) is 14.6. The third-order valence-corrected chi connectivity index (χ3v) is 5.82. The van der Waals surface area contributed by atoms with Gasteiger partial charge in [0, 0.05) is 19.0 Å². The van der Waals surface area contributed by atoms with Gasteiger partial charge in [-0.2, -0.15) is 0 Å². The van der Waals surface area contributed by atoms with Crippen molar-refractivity contribution in [2.75, 3.05) is 6.54 Å². The van der Waals surface area contributed by atoms with E-state index in [1.54, 1.807) is 0 Å². The average Bonchev–Trinajstić information content (AvgIpc) is 3.17. The zero-order valence-corrected chi connectivity index (χ0v) is 14.6. The van der Waals surface area contributed by atoms with Crippen molar-refractivity contribution < 1.29 is 14.5 Å². The first kappa shape index (κ1) is 16.3. The molecule has 25 heavy (non-hydrogen) atoms. The molecule has 3 atom stereocenters. The van der Waals surface area contributed by atoms with E-state index in [0.717, 1.165) is 31.4 Å². The highest BCUT2D eigenvalue weighted by atomic mass is 16.3. The van der Waals surface area contributed by atoms with Crippen molar-refractivity contribution in [1.29, 1.82) is 0 Å². The van der Waals surface area contributed by atoms with Crippen LogP contribution in [0.3, 0.4) is 0 Å². The molecule has 1 amide bonds. The Morgan fingerprint density at radius 1 is 1.24 bits per heavy atom. The van der Waals surface area contributed by atoms with Gasteiger partial charge in [-0.15, -0.1) is 0 Å². The van der Waals surface area contributed by atoms with Crippen molar-refractivity contribution in [3.8, 4) is 0 Å². The normalized spacial score (nSPS) is 28.2. The summed E-state index contributed by atoms with van der Waals surface area (Å²) in [5.41, 5.74) is 1.01. The number of aliphatic hydroxyl groups is 1. The smallest absolute Gasteiger partial charge is 0.260 e. The fourth-order valence-electron chi connectivity index (χ4n) is 4.72. The molecule has 1 aliphatic carbocycles. The molecule has 1 aromatic carbocycles. The number of pyridine rings is 1. The molecule has 2 aliphatic rings. The van der Waals surface area contributed by atoms with Crippen LogP contribution < -0.4 is 4.57 Å². The molecule has 4 nitrogen and oxygen atoms in total. The molecular formula is C21H25N2O2+. The molecule has 2 fully saturated rings. The van der Waals surface area contributed by atoms with Crippen LogP contribution in [-0.2, 0) is 13.5 Å². The van der Waals surface area contributed by atoms with E-state index in [4.69, 9.17) is 0 Å². The lowest BCUT2D eigenvalue weighted by atomic mass is 9.87. The van der Waals surface area contributed by atoms with E-state index in [1.165, 1.54) is 0 Å². The Morgan fingerprint density at radius 2 is 2.04 bits per heavy atom. The highest BCUT2D eigenvalue weighted by Crippen LogP contribution is 2.46. The lowest BCUT2D eigenvalue weighted by Gasteiger charge is -2.36. The zero-order chi connectivity index (χ0) is 17.4. The molecule has 4 rings (SSSR count). The van der Waals surface area contributed by atoms with Crippen LogP contribution in [0.5, 0.6) is 0 Å². The van der Waals surface area contributed by atoms with E-state index in [1.807, 2.05) is 59.2 Å². The molecule has 1 saturated heterocycles. The van der Waals surface area contributed by atoms with Crippen LogP contribution in [0.2, 0.25) is 0 Å². The first-order valence-electron chi connectivity index (χ1n) is 9.09. The summed E-state index contributed by atoms with van der Waals surface area (Å²) in [6, 6.07) is 13.8. The fraction of sp³-hybridized carbons (Fsp3) is 0.429. The standard InChI is InChI=1S/C21H25N2O2/c1-22-12-5-8-18(15-22)20(24)23-13-10-17-9-11-21(25,19(17)23)14-16-6-3-2-4-7-16/h2-8,12,15,17,19,25H,9-11,13-14H2,1H3/q+1/t17-,19+,21+/m1/s1. The maximum absolute atomic E-state index is 13.1. The Morgan fingerprint density at radius 3 is 2.80 bits per heavy atom. The Kier molecular flexibility index (Phi) is 4.08. The van der Waals surface area contributed by atoms with Gasteiger partial charge >= 0.3 is 0 Å². The monoisotopic (exact) mass is 337 g/mol. The van der Waals surface area contributed by atoms with E-state index >= 15 is 0 Å². The molecular weight excluding hydrogens is 312 g/mol. The second-order valence-corrected chi connectivity index (χ2v) is 7.55. The average molecular weight is 337 g/mol. The van der Waals surface area contributed by atoms with Gasteiger partial charge in [0.25, 0.3) is 5.91 Å². The fourth-order valence-corrected chi connectivity index (χ4v) is 4.72. The molecule has 1 aliphatic heterocycles. The maximum Gasteiger partial charge on any atom is 0.260 e. The van der Waals surface area contributed by atoms with E-state index in [2.05, 4.69) is 12.1 Å². The van der Waals surface area contributed by atoms with Crippen LogP contribution in [0.1, 0.15) is 35.2 Å². The van der Waals surface area contributed by atoms with Crippen molar-refractivity contribution in [3.63, 3.8) is 0 Å². The Bertz CT molecular complexity index is 776. The summed E-state index contributed by atoms with van der Waals surface area (Å²) in [4.78, 5) is 15.0. The molecule has 1 N–H and O–H groups in total. The van der Waals surface area contributed by atoms with Crippen LogP contribution in [0, 0.1) is 5.92 Å². The molecule has 130 valence electrons. The predicted octanol–water partition coefficient (Wildman–Crippen LogP) is 2.11. The largest absolute Gasteiger partial charge is 0.387 e. The molecule has 1 aromatic heterocycles. The number of carbonyl (C=O) groups excluding carboxylic acids is 1. The first-order valence-corrected chi connectivity index (χ1v) is 9.09. The highest BCUT2D eigenvalue weighted by molar-refractivity contribution is 5.94. The van der Waals surface area contributed by atoms with Gasteiger partial charge in [-0.3, -0.25) is 4.79 Å². The first-order chi connectivity index (χ1) is 12.1. The SMILES string of the molecule is C[n+]1cccc(C(=O)N2CC[C@H]3CC[C@](O)(Cc4ccccc4)[C@H]32)c1. The summed E-state index contributed by atoms with van der Waals surface area (Å²) in [6.45, 7) is 0.740. The summed E-state index contributed by atoms with van der Waals surface area (Å²) in [5, 5.41) is 11.4. The minimum absolute atomic E-state index is 0.0390. The summed E-state index contributed by atoms with van der Waals surface area (Å²) >= 11 is 0. The number of aromatic nitrogens is 1. The van der Waals surface area contributed by atoms with Gasteiger partial charge in [-0.25, -0.2) is 4.57 Å². The second-order valence-electron chi connectivity index (χ2n) is 7.55. The summed E-state index contributed by atoms with van der Waals surface area (Å²) in [7, 11) is 1.92. The lowest BCUT2D eigenvalue weighted by molar-refractivity contribution is -0.671. The molecule has 2 heterocycles. The molecule has 0 spiro atoms. The van der Waals surface area contributed by atoms with Crippen LogP contribution in [0.25, 0.3) is 0 Å². The molecule has 1 saturated carbocycles. The molecule has 2 aromatic rings. The number of benzene rings is 1. The Hall–Kier alpha value is -2.20. The third kappa shape index (κ3) is 2.95. The molecule has 4 heteroatoms. The van der Waals surface area contributed by atoms with Gasteiger partial charge in [0.15, 0.2) is 12.4 Å². The Balaban J connectivity index is 1.61. The van der Waals surface area contributed by atoms with Gasteiger partial charge in [0.2, 0.25) is 0 Å². The van der Waals surface area contributed by atoms with Crippen molar-refractivity contribution in [1.82, 2.24) is 4.90 Å². The van der Waals surface area contributed by atoms with Crippen molar-refractivity contribution in [2.45, 2.75) is 37.3 Å². The van der Waals surface area contributed by atoms with Gasteiger partial charge in [0.1, 0.15) is 12.6 Å².